The van der Waals surface area contributed by atoms with Gasteiger partial charge < -0.3 is 5.73 Å². The first-order valence-corrected chi connectivity index (χ1v) is 6.34. The Kier molecular flexibility index (Phi) is 4.14. The zero-order valence-corrected chi connectivity index (χ0v) is 11.4. The maximum atomic E-state index is 5.97. The molecular formula is C15H20N4. The van der Waals surface area contributed by atoms with Crippen molar-refractivity contribution in [3.05, 3.63) is 58.8 Å². The van der Waals surface area contributed by atoms with Crippen molar-refractivity contribution in [2.45, 2.75) is 26.3 Å². The second-order valence-electron chi connectivity index (χ2n) is 4.84. The number of rotatable bonds is 4. The van der Waals surface area contributed by atoms with Gasteiger partial charge in [0, 0.05) is 11.8 Å². The minimum Gasteiger partial charge on any atom is -0.383 e. The molecule has 2 aromatic rings. The van der Waals surface area contributed by atoms with Gasteiger partial charge in [-0.2, -0.15) is 0 Å². The summed E-state index contributed by atoms with van der Waals surface area (Å²) in [4.78, 5) is 4.15. The largest absolute Gasteiger partial charge is 0.383 e. The topological polar surface area (TPSA) is 77.0 Å². The molecule has 4 heteroatoms. The zero-order chi connectivity index (χ0) is 13.8. The maximum Gasteiger partial charge on any atom is 0.128 e. The van der Waals surface area contributed by atoms with Crippen LogP contribution in [0.2, 0.25) is 0 Å². The van der Waals surface area contributed by atoms with Crippen LogP contribution >= 0.6 is 0 Å². The van der Waals surface area contributed by atoms with Crippen LogP contribution in [0, 0.1) is 13.8 Å². The summed E-state index contributed by atoms with van der Waals surface area (Å²) in [6.45, 7) is 4.10. The monoisotopic (exact) mass is 256 g/mol. The van der Waals surface area contributed by atoms with Crippen LogP contribution in [0.4, 0.5) is 5.82 Å². The standard InChI is InChI=1S/C15H20N4/c1-10-3-5-12(6-4-10)9-13(19-17)14-11(2)7-8-18-15(14)16/h3-8,13,19H,9,17H2,1-2H3,(H2,16,18). The molecule has 0 aliphatic carbocycles. The third-order valence-corrected chi connectivity index (χ3v) is 3.35. The number of nitrogens with two attached hydrogens (primary N) is 2. The summed E-state index contributed by atoms with van der Waals surface area (Å²) < 4.78 is 0. The summed E-state index contributed by atoms with van der Waals surface area (Å²) in [6, 6.07) is 10.3. The highest BCUT2D eigenvalue weighted by Crippen LogP contribution is 2.25. The van der Waals surface area contributed by atoms with Gasteiger partial charge in [-0.3, -0.25) is 11.3 Å². The van der Waals surface area contributed by atoms with E-state index >= 15 is 0 Å². The van der Waals surface area contributed by atoms with Crippen molar-refractivity contribution in [2.75, 3.05) is 5.73 Å². The van der Waals surface area contributed by atoms with Gasteiger partial charge >= 0.3 is 0 Å². The number of benzene rings is 1. The molecule has 1 unspecified atom stereocenters. The summed E-state index contributed by atoms with van der Waals surface area (Å²) in [5, 5.41) is 0. The highest BCUT2D eigenvalue weighted by molar-refractivity contribution is 5.46. The predicted octanol–water partition coefficient (Wildman–Crippen LogP) is 2.03. The second kappa shape index (κ2) is 5.82. The Labute approximate surface area is 113 Å². The molecule has 19 heavy (non-hydrogen) atoms. The van der Waals surface area contributed by atoms with Crippen molar-refractivity contribution in [2.24, 2.45) is 5.84 Å². The number of pyridine rings is 1. The Morgan fingerprint density at radius 2 is 1.84 bits per heavy atom. The number of nitrogen functional groups attached to an aromatic ring is 1. The Hall–Kier alpha value is -1.91. The Balaban J connectivity index is 2.27. The molecular weight excluding hydrogens is 236 g/mol. The summed E-state index contributed by atoms with van der Waals surface area (Å²) in [7, 11) is 0. The molecule has 0 bridgehead atoms. The van der Waals surface area contributed by atoms with Crippen LogP contribution in [0.25, 0.3) is 0 Å². The number of nitrogens with one attached hydrogen (secondary N) is 1. The van der Waals surface area contributed by atoms with E-state index in [9.17, 15) is 0 Å². The van der Waals surface area contributed by atoms with Crippen molar-refractivity contribution in [3.8, 4) is 0 Å². The first kappa shape index (κ1) is 13.5. The number of hydrogen-bond donors (Lipinski definition) is 3. The highest BCUT2D eigenvalue weighted by Gasteiger charge is 2.16. The third-order valence-electron chi connectivity index (χ3n) is 3.35. The highest BCUT2D eigenvalue weighted by atomic mass is 15.2. The molecule has 0 aliphatic rings. The van der Waals surface area contributed by atoms with Crippen LogP contribution in [-0.2, 0) is 6.42 Å². The molecule has 100 valence electrons. The molecule has 0 aliphatic heterocycles. The molecule has 0 radical (unpaired) electrons. The lowest BCUT2D eigenvalue weighted by molar-refractivity contribution is 0.549. The molecule has 5 N–H and O–H groups in total. The van der Waals surface area contributed by atoms with Gasteiger partial charge in [-0.05, 0) is 37.5 Å². The minimum absolute atomic E-state index is 0.0311. The average Bonchev–Trinajstić information content (AvgIpc) is 2.39. The van der Waals surface area contributed by atoms with E-state index in [4.69, 9.17) is 11.6 Å². The van der Waals surface area contributed by atoms with Crippen LogP contribution in [0.1, 0.15) is 28.3 Å². The van der Waals surface area contributed by atoms with Crippen LogP contribution in [-0.4, -0.2) is 4.98 Å². The summed E-state index contributed by atoms with van der Waals surface area (Å²) >= 11 is 0. The van der Waals surface area contributed by atoms with Gasteiger partial charge in [0.2, 0.25) is 0 Å². The van der Waals surface area contributed by atoms with Gasteiger partial charge in [0.25, 0.3) is 0 Å². The lowest BCUT2D eigenvalue weighted by atomic mass is 9.96. The van der Waals surface area contributed by atoms with E-state index in [0.717, 1.165) is 17.5 Å². The fourth-order valence-electron chi connectivity index (χ4n) is 2.25. The third kappa shape index (κ3) is 3.10. The van der Waals surface area contributed by atoms with Gasteiger partial charge in [0.05, 0.1) is 6.04 Å². The summed E-state index contributed by atoms with van der Waals surface area (Å²) in [5.74, 6) is 6.22. The van der Waals surface area contributed by atoms with Gasteiger partial charge in [0.1, 0.15) is 5.82 Å². The molecule has 0 amide bonds. The van der Waals surface area contributed by atoms with Gasteiger partial charge in [-0.25, -0.2) is 4.98 Å². The number of hydrazine groups is 1. The molecule has 1 atom stereocenters. The van der Waals surface area contributed by atoms with Crippen LogP contribution in [0.5, 0.6) is 0 Å². The van der Waals surface area contributed by atoms with E-state index in [2.05, 4.69) is 41.6 Å². The number of aryl methyl sites for hydroxylation is 2. The molecule has 4 nitrogen and oxygen atoms in total. The fourth-order valence-corrected chi connectivity index (χ4v) is 2.25. The number of nitrogens with zero attached hydrogens (tertiary/aromatic N) is 1. The normalized spacial score (nSPS) is 12.4. The number of aromatic nitrogens is 1. The van der Waals surface area contributed by atoms with E-state index in [0.29, 0.717) is 5.82 Å². The Bertz CT molecular complexity index is 528. The van der Waals surface area contributed by atoms with Gasteiger partial charge in [-0.1, -0.05) is 29.8 Å². The summed E-state index contributed by atoms with van der Waals surface area (Å²) in [5.41, 5.74) is 13.4. The minimum atomic E-state index is -0.0311. The van der Waals surface area contributed by atoms with Crippen molar-refractivity contribution in [1.82, 2.24) is 10.4 Å². The smallest absolute Gasteiger partial charge is 0.128 e. The first-order valence-electron chi connectivity index (χ1n) is 6.34. The Morgan fingerprint density at radius 1 is 1.16 bits per heavy atom. The fraction of sp³-hybridized carbons (Fsp3) is 0.267. The van der Waals surface area contributed by atoms with Crippen LogP contribution in [0.3, 0.4) is 0 Å². The van der Waals surface area contributed by atoms with Crippen molar-refractivity contribution in [1.29, 1.82) is 0 Å². The summed E-state index contributed by atoms with van der Waals surface area (Å²) in [6.07, 6.45) is 2.50. The lowest BCUT2D eigenvalue weighted by Crippen LogP contribution is -2.31. The quantitative estimate of drug-likeness (QED) is 0.578. The first-order chi connectivity index (χ1) is 9.11. The maximum absolute atomic E-state index is 5.97. The molecule has 1 heterocycles. The number of hydrogen-bond acceptors (Lipinski definition) is 4. The Morgan fingerprint density at radius 3 is 2.42 bits per heavy atom. The van der Waals surface area contributed by atoms with E-state index in [1.807, 2.05) is 13.0 Å². The van der Waals surface area contributed by atoms with Crippen molar-refractivity contribution >= 4 is 5.82 Å². The van der Waals surface area contributed by atoms with E-state index in [-0.39, 0.29) is 6.04 Å². The van der Waals surface area contributed by atoms with Crippen molar-refractivity contribution < 1.29 is 0 Å². The van der Waals surface area contributed by atoms with Crippen LogP contribution < -0.4 is 17.0 Å². The zero-order valence-electron chi connectivity index (χ0n) is 11.4. The van der Waals surface area contributed by atoms with Crippen molar-refractivity contribution in [3.63, 3.8) is 0 Å². The average molecular weight is 256 g/mol. The molecule has 0 fully saturated rings. The molecule has 0 saturated carbocycles. The van der Waals surface area contributed by atoms with E-state index in [1.54, 1.807) is 6.20 Å². The van der Waals surface area contributed by atoms with Gasteiger partial charge in [-0.15, -0.1) is 0 Å². The molecule has 2 rings (SSSR count). The van der Waals surface area contributed by atoms with E-state index < -0.39 is 0 Å². The SMILES string of the molecule is Cc1ccc(CC(NN)c2c(C)ccnc2N)cc1. The van der Waals surface area contributed by atoms with Gasteiger partial charge in [0.15, 0.2) is 0 Å². The molecule has 1 aromatic heterocycles. The number of anilines is 1. The molecule has 0 saturated heterocycles. The molecule has 1 aromatic carbocycles. The van der Waals surface area contributed by atoms with Crippen LogP contribution in [0.15, 0.2) is 36.5 Å². The van der Waals surface area contributed by atoms with E-state index in [1.165, 1.54) is 11.1 Å². The predicted molar refractivity (Wildman–Crippen MR) is 78.3 cm³/mol. The molecule has 0 spiro atoms. The second-order valence-corrected chi connectivity index (χ2v) is 4.84. The lowest BCUT2D eigenvalue weighted by Gasteiger charge is -2.20.